The molecule has 1 heterocycles. The summed E-state index contributed by atoms with van der Waals surface area (Å²) in [7, 11) is 0. The second-order valence-electron chi connectivity index (χ2n) is 3.21. The van der Waals surface area contributed by atoms with Crippen LogP contribution in [0.2, 0.25) is 0 Å². The van der Waals surface area contributed by atoms with E-state index in [4.69, 9.17) is 5.26 Å². The highest BCUT2D eigenvalue weighted by atomic mass is 16.1. The second-order valence-corrected chi connectivity index (χ2v) is 3.21. The topological polar surface area (TPSA) is 65.8 Å². The third-order valence-corrected chi connectivity index (χ3v) is 1.92. The highest BCUT2D eigenvalue weighted by Crippen LogP contribution is 2.04. The molecule has 1 N–H and O–H groups in total. The van der Waals surface area contributed by atoms with Crippen molar-refractivity contribution in [3.63, 3.8) is 0 Å². The van der Waals surface area contributed by atoms with Crippen LogP contribution in [0.5, 0.6) is 0 Å². The Morgan fingerprint density at radius 3 is 2.81 bits per heavy atom. The number of pyridine rings is 1. The lowest BCUT2D eigenvalue weighted by Crippen LogP contribution is -2.25. The molecule has 1 amide bonds. The molecule has 0 bridgehead atoms. The number of carbonyl (C=O) groups excluding carboxylic acids is 1. The standard InChI is InChI=1S/C12H13N3O/c1-2-5-15-12(16)11(9-13)8-10-3-6-14-7-4-10/h3-4,6-8H,2,5H2,1H3,(H,15,16)/b11-8-. The van der Waals surface area contributed by atoms with Gasteiger partial charge in [-0.05, 0) is 30.2 Å². The second kappa shape index (κ2) is 6.36. The summed E-state index contributed by atoms with van der Waals surface area (Å²) < 4.78 is 0. The third kappa shape index (κ3) is 3.54. The molecular weight excluding hydrogens is 202 g/mol. The maximum absolute atomic E-state index is 11.5. The number of carbonyl (C=O) groups is 1. The van der Waals surface area contributed by atoms with E-state index in [1.165, 1.54) is 0 Å². The summed E-state index contributed by atoms with van der Waals surface area (Å²) in [5.41, 5.74) is 0.901. The monoisotopic (exact) mass is 215 g/mol. The molecule has 16 heavy (non-hydrogen) atoms. The van der Waals surface area contributed by atoms with Crippen LogP contribution in [0.25, 0.3) is 6.08 Å². The zero-order valence-electron chi connectivity index (χ0n) is 9.10. The van der Waals surface area contributed by atoms with Crippen LogP contribution >= 0.6 is 0 Å². The molecule has 1 rings (SSSR count). The average molecular weight is 215 g/mol. The van der Waals surface area contributed by atoms with Gasteiger partial charge in [0.05, 0.1) is 0 Å². The molecule has 4 heteroatoms. The summed E-state index contributed by atoms with van der Waals surface area (Å²) >= 11 is 0. The van der Waals surface area contributed by atoms with Crippen molar-refractivity contribution in [2.75, 3.05) is 6.54 Å². The Morgan fingerprint density at radius 1 is 1.56 bits per heavy atom. The van der Waals surface area contributed by atoms with Crippen molar-refractivity contribution >= 4 is 12.0 Å². The normalized spacial score (nSPS) is 10.6. The van der Waals surface area contributed by atoms with E-state index in [2.05, 4.69) is 10.3 Å². The molecule has 0 aliphatic carbocycles. The highest BCUT2D eigenvalue weighted by molar-refractivity contribution is 6.01. The first kappa shape index (κ1) is 11.9. The van der Waals surface area contributed by atoms with Crippen molar-refractivity contribution in [1.29, 1.82) is 5.26 Å². The summed E-state index contributed by atoms with van der Waals surface area (Å²) in [6.45, 7) is 2.53. The number of hydrogen-bond acceptors (Lipinski definition) is 3. The van der Waals surface area contributed by atoms with Crippen LogP contribution in [0.1, 0.15) is 18.9 Å². The maximum atomic E-state index is 11.5. The van der Waals surface area contributed by atoms with Crippen LogP contribution in [0, 0.1) is 11.3 Å². The molecule has 0 saturated heterocycles. The molecule has 4 nitrogen and oxygen atoms in total. The van der Waals surface area contributed by atoms with Gasteiger partial charge in [0.25, 0.3) is 5.91 Å². The Bertz CT molecular complexity index is 418. The van der Waals surface area contributed by atoms with Crippen LogP contribution < -0.4 is 5.32 Å². The number of amides is 1. The molecular formula is C12H13N3O. The van der Waals surface area contributed by atoms with Gasteiger partial charge < -0.3 is 5.32 Å². The number of hydrogen-bond donors (Lipinski definition) is 1. The minimum absolute atomic E-state index is 0.111. The molecule has 0 unspecified atom stereocenters. The van der Waals surface area contributed by atoms with E-state index in [1.807, 2.05) is 13.0 Å². The van der Waals surface area contributed by atoms with Gasteiger partial charge >= 0.3 is 0 Å². The first-order chi connectivity index (χ1) is 7.77. The van der Waals surface area contributed by atoms with Crippen LogP contribution in [-0.2, 0) is 4.79 Å². The Labute approximate surface area is 94.6 Å². The molecule has 0 aromatic carbocycles. The SMILES string of the molecule is CCCNC(=O)/C(C#N)=C\c1ccncc1. The number of nitrogens with one attached hydrogen (secondary N) is 1. The van der Waals surface area contributed by atoms with Gasteiger partial charge in [-0.3, -0.25) is 9.78 Å². The average Bonchev–Trinajstić information content (AvgIpc) is 2.34. The van der Waals surface area contributed by atoms with Crippen molar-refractivity contribution in [2.24, 2.45) is 0 Å². The third-order valence-electron chi connectivity index (χ3n) is 1.92. The van der Waals surface area contributed by atoms with E-state index < -0.39 is 0 Å². The molecule has 1 aromatic heterocycles. The summed E-state index contributed by atoms with van der Waals surface area (Å²) in [6.07, 6.45) is 5.63. The summed E-state index contributed by atoms with van der Waals surface area (Å²) in [5.74, 6) is -0.332. The van der Waals surface area contributed by atoms with Gasteiger partial charge in [0, 0.05) is 18.9 Å². The van der Waals surface area contributed by atoms with Crippen molar-refractivity contribution in [1.82, 2.24) is 10.3 Å². The van der Waals surface area contributed by atoms with Gasteiger partial charge in [-0.25, -0.2) is 0 Å². The van der Waals surface area contributed by atoms with E-state index in [0.29, 0.717) is 6.54 Å². The largest absolute Gasteiger partial charge is 0.351 e. The Kier molecular flexibility index (Phi) is 4.74. The van der Waals surface area contributed by atoms with Gasteiger partial charge in [-0.2, -0.15) is 5.26 Å². The minimum atomic E-state index is -0.332. The molecule has 0 aliphatic rings. The number of aromatic nitrogens is 1. The lowest BCUT2D eigenvalue weighted by molar-refractivity contribution is -0.117. The molecule has 82 valence electrons. The van der Waals surface area contributed by atoms with Gasteiger partial charge in [0.15, 0.2) is 0 Å². The Hall–Kier alpha value is -2.15. The predicted molar refractivity (Wildman–Crippen MR) is 61.1 cm³/mol. The quantitative estimate of drug-likeness (QED) is 0.611. The Balaban J connectivity index is 2.79. The van der Waals surface area contributed by atoms with Crippen molar-refractivity contribution in [3.8, 4) is 6.07 Å². The molecule has 0 radical (unpaired) electrons. The molecule has 0 fully saturated rings. The van der Waals surface area contributed by atoms with Gasteiger partial charge in [0.2, 0.25) is 0 Å². The first-order valence-electron chi connectivity index (χ1n) is 5.08. The van der Waals surface area contributed by atoms with Crippen molar-refractivity contribution < 1.29 is 4.79 Å². The Morgan fingerprint density at radius 2 is 2.25 bits per heavy atom. The predicted octanol–water partition coefficient (Wildman–Crippen LogP) is 1.51. The number of rotatable bonds is 4. The summed E-state index contributed by atoms with van der Waals surface area (Å²) in [4.78, 5) is 15.4. The lowest BCUT2D eigenvalue weighted by Gasteiger charge is -2.01. The van der Waals surface area contributed by atoms with Gasteiger partial charge in [-0.1, -0.05) is 6.92 Å². The minimum Gasteiger partial charge on any atom is -0.351 e. The summed E-state index contributed by atoms with van der Waals surface area (Å²) in [5, 5.41) is 11.5. The van der Waals surface area contributed by atoms with Crippen molar-refractivity contribution in [2.45, 2.75) is 13.3 Å². The van der Waals surface area contributed by atoms with Crippen LogP contribution in [-0.4, -0.2) is 17.4 Å². The molecule has 0 saturated carbocycles. The van der Waals surface area contributed by atoms with E-state index in [-0.39, 0.29) is 11.5 Å². The summed E-state index contributed by atoms with van der Waals surface area (Å²) in [6, 6.07) is 5.37. The number of nitrogens with zero attached hydrogens (tertiary/aromatic N) is 2. The van der Waals surface area contributed by atoms with Gasteiger partial charge in [-0.15, -0.1) is 0 Å². The molecule has 0 spiro atoms. The first-order valence-corrected chi connectivity index (χ1v) is 5.08. The van der Waals surface area contributed by atoms with Crippen LogP contribution in [0.15, 0.2) is 30.1 Å². The van der Waals surface area contributed by atoms with E-state index in [1.54, 1.807) is 30.6 Å². The molecule has 0 atom stereocenters. The van der Waals surface area contributed by atoms with E-state index in [9.17, 15) is 4.79 Å². The molecule has 0 aliphatic heterocycles. The maximum Gasteiger partial charge on any atom is 0.261 e. The van der Waals surface area contributed by atoms with E-state index >= 15 is 0 Å². The number of nitriles is 1. The van der Waals surface area contributed by atoms with Crippen LogP contribution in [0.3, 0.4) is 0 Å². The van der Waals surface area contributed by atoms with Gasteiger partial charge in [0.1, 0.15) is 11.6 Å². The zero-order valence-corrected chi connectivity index (χ0v) is 9.10. The van der Waals surface area contributed by atoms with E-state index in [0.717, 1.165) is 12.0 Å². The fourth-order valence-corrected chi connectivity index (χ4v) is 1.11. The smallest absolute Gasteiger partial charge is 0.261 e. The van der Waals surface area contributed by atoms with Crippen LogP contribution in [0.4, 0.5) is 0 Å². The highest BCUT2D eigenvalue weighted by Gasteiger charge is 2.07. The van der Waals surface area contributed by atoms with Crippen molar-refractivity contribution in [3.05, 3.63) is 35.7 Å². The lowest BCUT2D eigenvalue weighted by atomic mass is 10.1. The fraction of sp³-hybridized carbons (Fsp3) is 0.250. The zero-order chi connectivity index (χ0) is 11.8. The molecule has 1 aromatic rings. The fourth-order valence-electron chi connectivity index (χ4n) is 1.11.